The molecule has 1 heterocycles. The van der Waals surface area contributed by atoms with Gasteiger partial charge in [0, 0.05) is 30.8 Å². The highest BCUT2D eigenvalue weighted by Crippen LogP contribution is 2.09. The first-order valence-corrected chi connectivity index (χ1v) is 8.10. The highest BCUT2D eigenvalue weighted by Gasteiger charge is 2.14. The Bertz CT molecular complexity index is 821. The van der Waals surface area contributed by atoms with Crippen molar-refractivity contribution in [1.82, 2.24) is 10.3 Å². The number of ketones is 2. The third kappa shape index (κ3) is 5.41. The molecule has 0 saturated carbocycles. The normalized spacial score (nSPS) is 10.2. The number of hydrogen-bond donors (Lipinski definition) is 2. The van der Waals surface area contributed by atoms with E-state index in [1.54, 1.807) is 24.3 Å². The van der Waals surface area contributed by atoms with E-state index in [9.17, 15) is 19.2 Å². The third-order valence-electron chi connectivity index (χ3n) is 3.71. The van der Waals surface area contributed by atoms with E-state index in [2.05, 4.69) is 10.3 Å². The van der Waals surface area contributed by atoms with Crippen LogP contribution in [0.2, 0.25) is 0 Å². The third-order valence-corrected chi connectivity index (χ3v) is 3.71. The van der Waals surface area contributed by atoms with Crippen LogP contribution in [-0.4, -0.2) is 41.6 Å². The second-order valence-corrected chi connectivity index (χ2v) is 5.79. The Balaban J connectivity index is 1.85. The largest absolute Gasteiger partial charge is 0.453 e. The van der Waals surface area contributed by atoms with Crippen molar-refractivity contribution < 1.29 is 23.9 Å². The number of carbonyl (C=O) groups is 4. The average Bonchev–Trinajstić information content (AvgIpc) is 3.10. The van der Waals surface area contributed by atoms with Gasteiger partial charge < -0.3 is 15.0 Å². The average molecular weight is 356 g/mol. The van der Waals surface area contributed by atoms with Gasteiger partial charge >= 0.3 is 5.97 Å². The van der Waals surface area contributed by atoms with Crippen LogP contribution < -0.4 is 5.32 Å². The van der Waals surface area contributed by atoms with Crippen LogP contribution in [0.15, 0.2) is 36.5 Å². The maximum absolute atomic E-state index is 12.1. The zero-order valence-corrected chi connectivity index (χ0v) is 14.6. The molecule has 1 amide bonds. The molecule has 0 saturated heterocycles. The number of amides is 1. The molecule has 0 aliphatic heterocycles. The van der Waals surface area contributed by atoms with Gasteiger partial charge in [0.25, 0.3) is 0 Å². The summed E-state index contributed by atoms with van der Waals surface area (Å²) in [7, 11) is 0. The molecule has 0 unspecified atom stereocenters. The molecule has 0 atom stereocenters. The number of aromatic amines is 1. The summed E-state index contributed by atoms with van der Waals surface area (Å²) >= 11 is 0. The van der Waals surface area contributed by atoms with Crippen molar-refractivity contribution in [2.24, 2.45) is 0 Å². The van der Waals surface area contributed by atoms with Crippen LogP contribution in [0.3, 0.4) is 0 Å². The molecule has 0 aliphatic carbocycles. The fourth-order valence-electron chi connectivity index (χ4n) is 2.25. The van der Waals surface area contributed by atoms with Gasteiger partial charge in [0.05, 0.1) is 0 Å². The van der Waals surface area contributed by atoms with Gasteiger partial charge in [0.1, 0.15) is 5.69 Å². The van der Waals surface area contributed by atoms with E-state index in [0.717, 1.165) is 5.56 Å². The lowest BCUT2D eigenvalue weighted by Crippen LogP contribution is -2.22. The van der Waals surface area contributed by atoms with Gasteiger partial charge in [0.2, 0.25) is 5.91 Å². The van der Waals surface area contributed by atoms with Crippen LogP contribution in [0.1, 0.15) is 50.6 Å². The Morgan fingerprint density at radius 3 is 2.31 bits per heavy atom. The summed E-state index contributed by atoms with van der Waals surface area (Å²) in [6.07, 6.45) is 2.08. The number of ether oxygens (including phenoxy) is 1. The minimum atomic E-state index is -0.697. The van der Waals surface area contributed by atoms with Gasteiger partial charge in [0.15, 0.2) is 18.2 Å². The van der Waals surface area contributed by atoms with Crippen molar-refractivity contribution in [3.05, 3.63) is 58.9 Å². The molecule has 2 rings (SSSR count). The number of hydrogen-bond acceptors (Lipinski definition) is 5. The summed E-state index contributed by atoms with van der Waals surface area (Å²) in [6, 6.07) is 8.28. The molecular weight excluding hydrogens is 336 g/mol. The SMILES string of the molecule is CC(=O)NCCc1ccc(C(=O)COC(=O)c2cc(C(C)=O)c[nH]2)cc1. The molecule has 0 aliphatic rings. The second-order valence-electron chi connectivity index (χ2n) is 5.79. The molecule has 1 aromatic carbocycles. The van der Waals surface area contributed by atoms with Crippen molar-refractivity contribution in [3.63, 3.8) is 0 Å². The summed E-state index contributed by atoms with van der Waals surface area (Å²) < 4.78 is 4.98. The number of H-pyrrole nitrogens is 1. The molecule has 7 heteroatoms. The van der Waals surface area contributed by atoms with E-state index in [0.29, 0.717) is 24.1 Å². The Labute approximate surface area is 150 Å². The Kier molecular flexibility index (Phi) is 6.43. The molecule has 26 heavy (non-hydrogen) atoms. The highest BCUT2D eigenvalue weighted by molar-refractivity contribution is 6.00. The molecule has 1 aromatic heterocycles. The van der Waals surface area contributed by atoms with Crippen molar-refractivity contribution in [1.29, 1.82) is 0 Å². The number of esters is 1. The first-order valence-electron chi connectivity index (χ1n) is 8.10. The highest BCUT2D eigenvalue weighted by atomic mass is 16.5. The quantitative estimate of drug-likeness (QED) is 0.555. The first-order chi connectivity index (χ1) is 12.4. The summed E-state index contributed by atoms with van der Waals surface area (Å²) in [6.45, 7) is 2.98. The Morgan fingerprint density at radius 2 is 1.73 bits per heavy atom. The van der Waals surface area contributed by atoms with Gasteiger partial charge in [-0.05, 0) is 25.0 Å². The maximum atomic E-state index is 12.1. The minimum Gasteiger partial charge on any atom is -0.453 e. The molecule has 2 N–H and O–H groups in total. The number of aromatic nitrogens is 1. The lowest BCUT2D eigenvalue weighted by atomic mass is 10.1. The number of rotatable bonds is 8. The van der Waals surface area contributed by atoms with Crippen molar-refractivity contribution in [2.75, 3.05) is 13.2 Å². The van der Waals surface area contributed by atoms with E-state index in [1.807, 2.05) is 0 Å². The van der Waals surface area contributed by atoms with Gasteiger partial charge in [-0.2, -0.15) is 0 Å². The lowest BCUT2D eigenvalue weighted by molar-refractivity contribution is -0.118. The summed E-state index contributed by atoms with van der Waals surface area (Å²) in [4.78, 5) is 48.7. The molecule has 0 radical (unpaired) electrons. The van der Waals surface area contributed by atoms with Crippen molar-refractivity contribution in [2.45, 2.75) is 20.3 Å². The van der Waals surface area contributed by atoms with E-state index < -0.39 is 12.6 Å². The van der Waals surface area contributed by atoms with E-state index in [4.69, 9.17) is 4.74 Å². The van der Waals surface area contributed by atoms with Crippen LogP contribution >= 0.6 is 0 Å². The topological polar surface area (TPSA) is 105 Å². The predicted octanol–water partition coefficient (Wildman–Crippen LogP) is 1.94. The summed E-state index contributed by atoms with van der Waals surface area (Å²) in [5.41, 5.74) is 1.90. The standard InChI is InChI=1S/C19H20N2O5/c1-12(22)16-9-17(21-10-16)19(25)26-11-18(24)15-5-3-14(4-6-15)7-8-20-13(2)23/h3-6,9-10,21H,7-8,11H2,1-2H3,(H,20,23). The van der Waals surface area contributed by atoms with Gasteiger partial charge in [-0.15, -0.1) is 0 Å². The van der Waals surface area contributed by atoms with E-state index >= 15 is 0 Å². The molecule has 7 nitrogen and oxygen atoms in total. The molecule has 2 aromatic rings. The molecule has 0 fully saturated rings. The summed E-state index contributed by atoms with van der Waals surface area (Å²) in [5.74, 6) is -1.28. The Morgan fingerprint density at radius 1 is 1.04 bits per heavy atom. The second kappa shape index (κ2) is 8.75. The molecule has 0 spiro atoms. The summed E-state index contributed by atoms with van der Waals surface area (Å²) in [5, 5.41) is 2.70. The fourth-order valence-corrected chi connectivity index (χ4v) is 2.25. The van der Waals surface area contributed by atoms with Gasteiger partial charge in [-0.1, -0.05) is 24.3 Å². The minimum absolute atomic E-state index is 0.0869. The van der Waals surface area contributed by atoms with Crippen LogP contribution in [0.25, 0.3) is 0 Å². The van der Waals surface area contributed by atoms with E-state index in [1.165, 1.54) is 26.1 Å². The number of benzene rings is 1. The fraction of sp³-hybridized carbons (Fsp3) is 0.263. The van der Waals surface area contributed by atoms with Gasteiger partial charge in [-0.3, -0.25) is 14.4 Å². The molecule has 0 bridgehead atoms. The number of carbonyl (C=O) groups excluding carboxylic acids is 4. The van der Waals surface area contributed by atoms with Crippen LogP contribution in [-0.2, 0) is 16.0 Å². The first kappa shape index (κ1) is 19.1. The monoisotopic (exact) mass is 356 g/mol. The number of Topliss-reactive ketones (excluding diaryl/α,β-unsaturated/α-hetero) is 2. The van der Waals surface area contributed by atoms with Crippen LogP contribution in [0.4, 0.5) is 0 Å². The van der Waals surface area contributed by atoms with Crippen LogP contribution in [0, 0.1) is 0 Å². The van der Waals surface area contributed by atoms with Crippen LogP contribution in [0.5, 0.6) is 0 Å². The van der Waals surface area contributed by atoms with Gasteiger partial charge in [-0.25, -0.2) is 4.79 Å². The number of nitrogens with one attached hydrogen (secondary N) is 2. The molecular formula is C19H20N2O5. The predicted molar refractivity (Wildman–Crippen MR) is 94.2 cm³/mol. The zero-order chi connectivity index (χ0) is 19.1. The zero-order valence-electron chi connectivity index (χ0n) is 14.6. The van der Waals surface area contributed by atoms with E-state index in [-0.39, 0.29) is 23.2 Å². The van der Waals surface area contributed by atoms with Crippen molar-refractivity contribution >= 4 is 23.4 Å². The smallest absolute Gasteiger partial charge is 0.355 e. The lowest BCUT2D eigenvalue weighted by Gasteiger charge is -2.05. The maximum Gasteiger partial charge on any atom is 0.355 e. The Hall–Kier alpha value is -3.22. The van der Waals surface area contributed by atoms with Crippen molar-refractivity contribution in [3.8, 4) is 0 Å². The molecule has 136 valence electrons.